The molecule has 210 valence electrons. The monoisotopic (exact) mass is 580 g/mol. The van der Waals surface area contributed by atoms with Crippen LogP contribution in [-0.2, 0) is 27.5 Å². The van der Waals surface area contributed by atoms with Crippen LogP contribution in [0.15, 0.2) is 47.8 Å². The number of halogens is 7. The molecule has 0 radical (unpaired) electrons. The molecule has 3 unspecified atom stereocenters. The fourth-order valence-corrected chi connectivity index (χ4v) is 5.87. The summed E-state index contributed by atoms with van der Waals surface area (Å²) >= 11 is 0. The van der Waals surface area contributed by atoms with Crippen LogP contribution in [0.3, 0.4) is 0 Å². The summed E-state index contributed by atoms with van der Waals surface area (Å²) in [4.78, 5) is 18.9. The van der Waals surface area contributed by atoms with E-state index < -0.39 is 77.1 Å². The second-order valence-electron chi connectivity index (χ2n) is 8.56. The van der Waals surface area contributed by atoms with E-state index in [1.165, 1.54) is 6.92 Å². The van der Waals surface area contributed by atoms with Gasteiger partial charge in [-0.05, 0) is 31.2 Å². The molecule has 0 spiro atoms. The summed E-state index contributed by atoms with van der Waals surface area (Å²) in [6.07, 6.45) is -7.76. The van der Waals surface area contributed by atoms with Gasteiger partial charge in [0.25, 0.3) is 6.43 Å². The average Bonchev–Trinajstić information content (AvgIpc) is 3.44. The van der Waals surface area contributed by atoms with Gasteiger partial charge < -0.3 is 5.32 Å². The Hall–Kier alpha value is -3.60. The van der Waals surface area contributed by atoms with Crippen molar-refractivity contribution in [3.63, 3.8) is 0 Å². The number of aromatic nitrogens is 4. The van der Waals surface area contributed by atoms with Crippen molar-refractivity contribution in [2.45, 2.75) is 55.6 Å². The van der Waals surface area contributed by atoms with Crippen molar-refractivity contribution in [3.8, 4) is 5.69 Å². The summed E-state index contributed by atoms with van der Waals surface area (Å²) in [5.74, 6) is -3.14. The Labute approximate surface area is 216 Å². The van der Waals surface area contributed by atoms with Crippen LogP contribution in [0.4, 0.5) is 30.7 Å². The Kier molecular flexibility index (Phi) is 7.66. The third-order valence-corrected chi connectivity index (χ3v) is 8.02. The number of amides is 1. The summed E-state index contributed by atoms with van der Waals surface area (Å²) in [5, 5.41) is 5.92. The van der Waals surface area contributed by atoms with Crippen LogP contribution in [-0.4, -0.2) is 56.6 Å². The number of hydrogen-bond donors (Lipinski definition) is 1. The third kappa shape index (κ3) is 5.73. The van der Waals surface area contributed by atoms with Crippen LogP contribution >= 0.6 is 0 Å². The molecule has 3 atom stereocenters. The molecular weight excluding hydrogens is 561 g/mol. The van der Waals surface area contributed by atoms with Gasteiger partial charge in [-0.3, -0.25) is 4.79 Å². The van der Waals surface area contributed by atoms with Gasteiger partial charge in [-0.15, -0.1) is 0 Å². The quantitative estimate of drug-likeness (QED) is 0.428. The summed E-state index contributed by atoms with van der Waals surface area (Å²) in [6.45, 7) is 0.663. The first kappa shape index (κ1) is 28.4. The molecular formula is C22H19F7N6O3S. The highest BCUT2D eigenvalue weighted by Gasteiger charge is 2.49. The number of hydrogen-bond acceptors (Lipinski definition) is 6. The van der Waals surface area contributed by atoms with Crippen LogP contribution in [0.5, 0.6) is 0 Å². The zero-order chi connectivity index (χ0) is 28.7. The lowest BCUT2D eigenvalue weighted by Gasteiger charge is -2.26. The number of benzene rings is 1. The van der Waals surface area contributed by atoms with Gasteiger partial charge in [-0.25, -0.2) is 40.6 Å². The molecule has 1 saturated heterocycles. The first-order valence-corrected chi connectivity index (χ1v) is 12.6. The van der Waals surface area contributed by atoms with Gasteiger partial charge in [0, 0.05) is 24.7 Å². The van der Waals surface area contributed by atoms with E-state index in [0.29, 0.717) is 4.31 Å². The molecule has 3 heterocycles. The number of alkyl halides is 6. The van der Waals surface area contributed by atoms with Gasteiger partial charge in [-0.1, -0.05) is 0 Å². The second kappa shape index (κ2) is 10.5. The number of sulfonamides is 1. The smallest absolute Gasteiger partial charge is 0.350 e. The maximum absolute atomic E-state index is 14.6. The standard InChI is InChI=1S/C22H19F7N6O3S/c1-11-16(24)6-17(35(11)39(37,38)15-4-2-13(23)3-5-15)20(36)30-7-12-10-34(33-18(12)19(25)26)14-8-31-21(32-9-14)22(27,28)29/h2-5,8-11,16-17,19H,6-7H2,1H3,(H,30,36). The third-order valence-electron chi connectivity index (χ3n) is 6.01. The van der Waals surface area contributed by atoms with Gasteiger partial charge >= 0.3 is 6.18 Å². The molecule has 1 N–H and O–H groups in total. The predicted molar refractivity (Wildman–Crippen MR) is 119 cm³/mol. The van der Waals surface area contributed by atoms with Crippen molar-refractivity contribution >= 4 is 15.9 Å². The van der Waals surface area contributed by atoms with E-state index in [-0.39, 0.29) is 16.1 Å². The van der Waals surface area contributed by atoms with E-state index in [4.69, 9.17) is 0 Å². The lowest BCUT2D eigenvalue weighted by Crippen LogP contribution is -2.48. The van der Waals surface area contributed by atoms with Crippen molar-refractivity contribution < 1.29 is 43.9 Å². The lowest BCUT2D eigenvalue weighted by molar-refractivity contribution is -0.145. The number of carbonyl (C=O) groups excluding carboxylic acids is 1. The second-order valence-corrected chi connectivity index (χ2v) is 10.4. The summed E-state index contributed by atoms with van der Waals surface area (Å²) in [6, 6.07) is 0.910. The van der Waals surface area contributed by atoms with Gasteiger partial charge in [0.1, 0.15) is 29.4 Å². The van der Waals surface area contributed by atoms with E-state index in [0.717, 1.165) is 47.5 Å². The lowest BCUT2D eigenvalue weighted by atomic mass is 10.1. The normalized spacial score (nSPS) is 20.5. The fraction of sp³-hybridized carbons (Fsp3) is 0.364. The van der Waals surface area contributed by atoms with Crippen molar-refractivity contribution in [1.82, 2.24) is 29.4 Å². The number of carbonyl (C=O) groups is 1. The Morgan fingerprint density at radius 2 is 1.77 bits per heavy atom. The van der Waals surface area contributed by atoms with Crippen LogP contribution in [0.1, 0.15) is 36.9 Å². The van der Waals surface area contributed by atoms with E-state index in [2.05, 4.69) is 20.4 Å². The number of nitrogens with one attached hydrogen (secondary N) is 1. The molecule has 1 fully saturated rings. The molecule has 0 saturated carbocycles. The molecule has 3 aromatic rings. The molecule has 0 aliphatic carbocycles. The number of nitrogens with zero attached hydrogens (tertiary/aromatic N) is 5. The Bertz CT molecular complexity index is 1450. The first-order valence-electron chi connectivity index (χ1n) is 11.2. The molecule has 4 rings (SSSR count). The Morgan fingerprint density at radius 1 is 1.15 bits per heavy atom. The van der Waals surface area contributed by atoms with Gasteiger partial charge in [0.15, 0.2) is 0 Å². The fourth-order valence-electron chi connectivity index (χ4n) is 4.06. The number of rotatable bonds is 7. The molecule has 0 bridgehead atoms. The van der Waals surface area contributed by atoms with Crippen molar-refractivity contribution in [3.05, 3.63) is 65.8 Å². The molecule has 9 nitrogen and oxygen atoms in total. The van der Waals surface area contributed by atoms with E-state index in [1.54, 1.807) is 0 Å². The zero-order valence-electron chi connectivity index (χ0n) is 19.8. The molecule has 1 aromatic carbocycles. The van der Waals surface area contributed by atoms with Gasteiger partial charge in [-0.2, -0.15) is 22.6 Å². The highest BCUT2D eigenvalue weighted by atomic mass is 32.2. The van der Waals surface area contributed by atoms with Crippen LogP contribution < -0.4 is 5.32 Å². The summed E-state index contributed by atoms with van der Waals surface area (Å²) in [7, 11) is -4.45. The summed E-state index contributed by atoms with van der Waals surface area (Å²) < 4.78 is 121. The van der Waals surface area contributed by atoms with Gasteiger partial charge in [0.2, 0.25) is 21.8 Å². The minimum Gasteiger partial charge on any atom is -0.350 e. The maximum atomic E-state index is 14.6. The molecule has 17 heteroatoms. The SMILES string of the molecule is CC1C(F)CC(C(=O)NCc2cn(-c3cnc(C(F)(F)F)nc3)nc2C(F)F)N1S(=O)(=O)c1ccc(F)cc1. The predicted octanol–water partition coefficient (Wildman–Crippen LogP) is 3.56. The van der Waals surface area contributed by atoms with E-state index >= 15 is 0 Å². The largest absolute Gasteiger partial charge is 0.451 e. The van der Waals surface area contributed by atoms with Gasteiger partial charge in [0.05, 0.1) is 23.3 Å². The molecule has 39 heavy (non-hydrogen) atoms. The van der Waals surface area contributed by atoms with Crippen molar-refractivity contribution in [2.75, 3.05) is 0 Å². The molecule has 1 aliphatic heterocycles. The Morgan fingerprint density at radius 3 is 2.33 bits per heavy atom. The highest BCUT2D eigenvalue weighted by molar-refractivity contribution is 7.89. The van der Waals surface area contributed by atoms with E-state index in [1.807, 2.05) is 0 Å². The minimum atomic E-state index is -4.82. The average molecular weight is 580 g/mol. The van der Waals surface area contributed by atoms with Crippen molar-refractivity contribution in [1.29, 1.82) is 0 Å². The Balaban J connectivity index is 1.55. The highest BCUT2D eigenvalue weighted by Crippen LogP contribution is 2.33. The van der Waals surface area contributed by atoms with E-state index in [9.17, 15) is 43.9 Å². The molecule has 1 aliphatic rings. The molecule has 1 amide bonds. The minimum absolute atomic E-state index is 0.177. The van der Waals surface area contributed by atoms with Crippen LogP contribution in [0.25, 0.3) is 5.69 Å². The van der Waals surface area contributed by atoms with Crippen LogP contribution in [0, 0.1) is 5.82 Å². The topological polar surface area (TPSA) is 110 Å². The molecule has 2 aromatic heterocycles. The van der Waals surface area contributed by atoms with Crippen LogP contribution in [0.2, 0.25) is 0 Å². The first-order chi connectivity index (χ1) is 18.2. The zero-order valence-corrected chi connectivity index (χ0v) is 20.6. The maximum Gasteiger partial charge on any atom is 0.451 e. The van der Waals surface area contributed by atoms with Crippen molar-refractivity contribution in [2.24, 2.45) is 0 Å². The summed E-state index contributed by atoms with van der Waals surface area (Å²) in [5.41, 5.74) is -1.23.